The van der Waals surface area contributed by atoms with E-state index >= 15 is 0 Å². The molecule has 5 rings (SSSR count). The van der Waals surface area contributed by atoms with Crippen molar-refractivity contribution in [1.82, 2.24) is 4.57 Å². The number of hydrogen-bond donors (Lipinski definition) is 1. The summed E-state index contributed by atoms with van der Waals surface area (Å²) in [5, 5.41) is 17.5. The molecule has 0 fully saturated rings. The summed E-state index contributed by atoms with van der Waals surface area (Å²) >= 11 is 12.8. The number of hydrogen-bond acceptors (Lipinski definition) is 4. The van der Waals surface area contributed by atoms with Crippen molar-refractivity contribution in [2.24, 2.45) is 5.10 Å². The SMILES string of the molecule is CCN(CC)c1ccc2c(c1)c1cc(/C=C3/C(=O)N(c4c(Cl)cc(C)cc4Cl)N=C3C(=O)O)ccc1n2CC. The number of anilines is 2. The summed E-state index contributed by atoms with van der Waals surface area (Å²) < 4.78 is 2.25. The molecule has 200 valence electrons. The number of carboxylic acids is 1. The Bertz CT molecular complexity index is 1690. The number of benzene rings is 3. The van der Waals surface area contributed by atoms with Crippen LogP contribution in [0.2, 0.25) is 10.0 Å². The summed E-state index contributed by atoms with van der Waals surface area (Å²) in [5.74, 6) is -1.93. The fourth-order valence-corrected chi connectivity index (χ4v) is 6.00. The maximum atomic E-state index is 13.5. The Labute approximate surface area is 236 Å². The highest BCUT2D eigenvalue weighted by atomic mass is 35.5. The highest BCUT2D eigenvalue weighted by molar-refractivity contribution is 6.54. The zero-order valence-corrected chi connectivity index (χ0v) is 23.6. The molecule has 1 aliphatic rings. The number of nitrogens with zero attached hydrogens (tertiary/aromatic N) is 4. The first-order chi connectivity index (χ1) is 18.7. The molecule has 0 saturated heterocycles. The summed E-state index contributed by atoms with van der Waals surface area (Å²) in [6.07, 6.45) is 1.56. The Morgan fingerprint density at radius 2 is 1.59 bits per heavy atom. The van der Waals surface area contributed by atoms with Gasteiger partial charge in [-0.05, 0) is 87.4 Å². The third kappa shape index (κ3) is 4.56. The van der Waals surface area contributed by atoms with Crippen molar-refractivity contribution in [2.75, 3.05) is 23.0 Å². The number of aliphatic carboxylic acids is 1. The smallest absolute Gasteiger partial charge is 0.357 e. The van der Waals surface area contributed by atoms with Crippen LogP contribution < -0.4 is 9.91 Å². The number of hydrazone groups is 1. The molecule has 1 aliphatic heterocycles. The molecule has 0 bridgehead atoms. The zero-order chi connectivity index (χ0) is 28.0. The highest BCUT2D eigenvalue weighted by Gasteiger charge is 2.37. The van der Waals surface area contributed by atoms with Crippen LogP contribution in [-0.2, 0) is 16.1 Å². The lowest BCUT2D eigenvalue weighted by atomic mass is 10.0. The first-order valence-electron chi connectivity index (χ1n) is 12.8. The number of carboxylic acid groups (broad SMARTS) is 1. The van der Waals surface area contributed by atoms with Gasteiger partial charge in [0.25, 0.3) is 5.91 Å². The number of amides is 1. The minimum absolute atomic E-state index is 0.0439. The number of halogens is 2. The molecule has 0 radical (unpaired) electrons. The number of carbonyl (C=O) groups is 2. The van der Waals surface area contributed by atoms with E-state index in [0.29, 0.717) is 5.56 Å². The van der Waals surface area contributed by atoms with Gasteiger partial charge < -0.3 is 14.6 Å². The Hall–Kier alpha value is -3.81. The van der Waals surface area contributed by atoms with Crippen molar-refractivity contribution in [3.05, 3.63) is 75.3 Å². The fourth-order valence-electron chi connectivity index (χ4n) is 5.24. The predicted octanol–water partition coefficient (Wildman–Crippen LogP) is 7.15. The minimum atomic E-state index is -1.32. The summed E-state index contributed by atoms with van der Waals surface area (Å²) in [6, 6.07) is 15.7. The largest absolute Gasteiger partial charge is 0.476 e. The number of aromatic nitrogens is 1. The van der Waals surface area contributed by atoms with Crippen LogP contribution in [0.25, 0.3) is 27.9 Å². The molecule has 39 heavy (non-hydrogen) atoms. The lowest BCUT2D eigenvalue weighted by molar-refractivity contribution is -0.129. The maximum absolute atomic E-state index is 13.5. The molecule has 4 aromatic rings. The van der Waals surface area contributed by atoms with E-state index in [9.17, 15) is 14.7 Å². The summed E-state index contributed by atoms with van der Waals surface area (Å²) in [6.45, 7) is 10.8. The average Bonchev–Trinajstić information content (AvgIpc) is 3.38. The molecule has 1 N–H and O–H groups in total. The second-order valence-electron chi connectivity index (χ2n) is 9.40. The van der Waals surface area contributed by atoms with Crippen LogP contribution in [0.15, 0.2) is 59.2 Å². The highest BCUT2D eigenvalue weighted by Crippen LogP contribution is 2.39. The second-order valence-corrected chi connectivity index (χ2v) is 10.2. The summed E-state index contributed by atoms with van der Waals surface area (Å²) in [7, 11) is 0. The van der Waals surface area contributed by atoms with E-state index in [4.69, 9.17) is 23.2 Å². The number of aryl methyl sites for hydroxylation is 2. The van der Waals surface area contributed by atoms with Gasteiger partial charge in [-0.25, -0.2) is 4.79 Å². The molecule has 9 heteroatoms. The molecular formula is C30H28Cl2N4O3. The fraction of sp³-hybridized carbons (Fsp3) is 0.233. The van der Waals surface area contributed by atoms with E-state index in [1.807, 2.05) is 25.1 Å². The standard InChI is InChI=1S/C30H28Cl2N4O3/c1-5-34(6-2)19-9-11-26-21(16-19)20-14-18(8-10-25(20)35(26)7-3)15-22-27(30(38)39)33-36(29(22)37)28-23(31)12-17(4)13-24(28)32/h8-16H,5-7H2,1-4H3,(H,38,39)/b22-15+. The molecule has 0 atom stereocenters. The van der Waals surface area contributed by atoms with Gasteiger partial charge in [0.2, 0.25) is 0 Å². The van der Waals surface area contributed by atoms with Gasteiger partial charge in [-0.2, -0.15) is 10.1 Å². The topological polar surface area (TPSA) is 78.1 Å². The van der Waals surface area contributed by atoms with Crippen LogP contribution in [-0.4, -0.2) is 40.4 Å². The van der Waals surface area contributed by atoms with E-state index in [0.717, 1.165) is 57.7 Å². The molecule has 0 unspecified atom stereocenters. The van der Waals surface area contributed by atoms with Gasteiger partial charge in [-0.1, -0.05) is 29.3 Å². The monoisotopic (exact) mass is 562 g/mol. The molecule has 1 amide bonds. The van der Waals surface area contributed by atoms with Gasteiger partial charge in [0, 0.05) is 47.1 Å². The quantitative estimate of drug-likeness (QED) is 0.242. The van der Waals surface area contributed by atoms with Crippen molar-refractivity contribution < 1.29 is 14.7 Å². The van der Waals surface area contributed by atoms with E-state index in [1.54, 1.807) is 18.2 Å². The first-order valence-corrected chi connectivity index (χ1v) is 13.6. The molecule has 7 nitrogen and oxygen atoms in total. The Balaban J connectivity index is 1.65. The van der Waals surface area contributed by atoms with Crippen molar-refractivity contribution in [2.45, 2.75) is 34.2 Å². The lowest BCUT2D eigenvalue weighted by Gasteiger charge is -2.21. The van der Waals surface area contributed by atoms with Crippen LogP contribution >= 0.6 is 23.2 Å². The molecule has 3 aromatic carbocycles. The van der Waals surface area contributed by atoms with Crippen LogP contribution in [0.1, 0.15) is 31.9 Å². The molecule has 0 spiro atoms. The Kier molecular flexibility index (Phi) is 7.14. The molecule has 2 heterocycles. The number of fused-ring (bicyclic) bond motifs is 3. The Morgan fingerprint density at radius 3 is 2.18 bits per heavy atom. The van der Waals surface area contributed by atoms with Crippen LogP contribution in [0.5, 0.6) is 0 Å². The first kappa shape index (κ1) is 26.8. The third-order valence-electron chi connectivity index (χ3n) is 7.08. The average molecular weight is 563 g/mol. The second kappa shape index (κ2) is 10.4. The predicted molar refractivity (Wildman–Crippen MR) is 160 cm³/mol. The minimum Gasteiger partial charge on any atom is -0.476 e. The van der Waals surface area contributed by atoms with E-state index in [1.165, 1.54) is 0 Å². The van der Waals surface area contributed by atoms with E-state index in [2.05, 4.69) is 53.5 Å². The number of carbonyl (C=O) groups excluding carboxylic acids is 1. The molecule has 0 aliphatic carbocycles. The van der Waals surface area contributed by atoms with Gasteiger partial charge in [-0.3, -0.25) is 4.79 Å². The van der Waals surface area contributed by atoms with Gasteiger partial charge in [0.05, 0.1) is 15.6 Å². The van der Waals surface area contributed by atoms with Crippen LogP contribution in [0.3, 0.4) is 0 Å². The molecular weight excluding hydrogens is 535 g/mol. The maximum Gasteiger partial charge on any atom is 0.357 e. The van der Waals surface area contributed by atoms with Gasteiger partial charge in [0.15, 0.2) is 5.71 Å². The normalized spacial score (nSPS) is 14.6. The molecule has 1 aromatic heterocycles. The lowest BCUT2D eigenvalue weighted by Crippen LogP contribution is -2.22. The summed E-state index contributed by atoms with van der Waals surface area (Å²) in [5.41, 5.74) is 4.56. The van der Waals surface area contributed by atoms with E-state index in [-0.39, 0.29) is 27.0 Å². The van der Waals surface area contributed by atoms with Crippen molar-refractivity contribution in [1.29, 1.82) is 0 Å². The van der Waals surface area contributed by atoms with Gasteiger partial charge in [0.1, 0.15) is 5.69 Å². The number of rotatable bonds is 7. The third-order valence-corrected chi connectivity index (χ3v) is 7.66. The van der Waals surface area contributed by atoms with Crippen LogP contribution in [0, 0.1) is 6.92 Å². The van der Waals surface area contributed by atoms with Crippen molar-refractivity contribution in [3.63, 3.8) is 0 Å². The van der Waals surface area contributed by atoms with Crippen molar-refractivity contribution in [3.8, 4) is 0 Å². The van der Waals surface area contributed by atoms with Gasteiger partial charge in [-0.15, -0.1) is 0 Å². The molecule has 0 saturated carbocycles. The zero-order valence-electron chi connectivity index (χ0n) is 22.1. The van der Waals surface area contributed by atoms with Crippen molar-refractivity contribution >= 4 is 80.0 Å². The van der Waals surface area contributed by atoms with E-state index < -0.39 is 11.9 Å². The van der Waals surface area contributed by atoms with Gasteiger partial charge >= 0.3 is 5.97 Å². The van der Waals surface area contributed by atoms with Crippen LogP contribution in [0.4, 0.5) is 11.4 Å². The Morgan fingerprint density at radius 1 is 0.974 bits per heavy atom. The summed E-state index contributed by atoms with van der Waals surface area (Å²) in [4.78, 5) is 27.9.